The third-order valence-electron chi connectivity index (χ3n) is 3.86. The van der Waals surface area contributed by atoms with Gasteiger partial charge in [0.05, 0.1) is 6.04 Å². The summed E-state index contributed by atoms with van der Waals surface area (Å²) in [5.74, 6) is 0.116. The number of rotatable bonds is 5. The molecule has 1 aromatic carbocycles. The molecule has 1 fully saturated rings. The quantitative estimate of drug-likeness (QED) is 0.873. The summed E-state index contributed by atoms with van der Waals surface area (Å²) in [6.45, 7) is 3.08. The van der Waals surface area contributed by atoms with Crippen LogP contribution in [0.1, 0.15) is 50.6 Å². The van der Waals surface area contributed by atoms with Crippen molar-refractivity contribution in [1.82, 2.24) is 10.6 Å². The highest BCUT2D eigenvalue weighted by Gasteiger charge is 2.15. The molecule has 0 bridgehead atoms. The molecule has 1 aliphatic heterocycles. The normalized spacial score (nSPS) is 20.4. The summed E-state index contributed by atoms with van der Waals surface area (Å²) < 4.78 is 0. The fraction of sp³-hybridized carbons (Fsp3) is 0.562. The molecule has 1 saturated heterocycles. The number of halogens is 1. The van der Waals surface area contributed by atoms with Gasteiger partial charge in [-0.15, -0.1) is 0 Å². The second-order valence-electron chi connectivity index (χ2n) is 5.53. The molecule has 0 saturated carbocycles. The molecule has 1 aliphatic rings. The second kappa shape index (κ2) is 7.65. The van der Waals surface area contributed by atoms with E-state index in [4.69, 9.17) is 11.6 Å². The number of hydrogen-bond acceptors (Lipinski definition) is 2. The number of amides is 1. The van der Waals surface area contributed by atoms with Crippen LogP contribution in [0.25, 0.3) is 0 Å². The summed E-state index contributed by atoms with van der Waals surface area (Å²) in [7, 11) is 0. The standard InChI is InChI=1S/C16H23ClN2O/c1-12(13-5-4-6-14(17)11-13)19-16(20)9-8-15-7-2-3-10-18-15/h4-6,11-12,15,18H,2-3,7-10H2,1H3,(H,19,20)/t12-,15?/m1/s1. The Labute approximate surface area is 126 Å². The number of carbonyl (C=O) groups is 1. The van der Waals surface area contributed by atoms with Crippen LogP contribution in [0.5, 0.6) is 0 Å². The van der Waals surface area contributed by atoms with Crippen molar-refractivity contribution in [2.45, 2.75) is 51.1 Å². The first-order valence-electron chi connectivity index (χ1n) is 7.43. The minimum atomic E-state index is 0.000477. The molecule has 2 N–H and O–H groups in total. The Bertz CT molecular complexity index is 444. The zero-order chi connectivity index (χ0) is 14.4. The highest BCUT2D eigenvalue weighted by molar-refractivity contribution is 6.30. The van der Waals surface area contributed by atoms with Gasteiger partial charge in [0, 0.05) is 17.5 Å². The van der Waals surface area contributed by atoms with E-state index in [1.165, 1.54) is 19.3 Å². The van der Waals surface area contributed by atoms with Gasteiger partial charge in [-0.2, -0.15) is 0 Å². The van der Waals surface area contributed by atoms with Gasteiger partial charge < -0.3 is 10.6 Å². The van der Waals surface area contributed by atoms with Gasteiger partial charge in [0.1, 0.15) is 0 Å². The second-order valence-corrected chi connectivity index (χ2v) is 5.97. The molecule has 2 atom stereocenters. The van der Waals surface area contributed by atoms with Crippen molar-refractivity contribution in [3.8, 4) is 0 Å². The Balaban J connectivity index is 1.76. The van der Waals surface area contributed by atoms with Crippen LogP contribution in [0.4, 0.5) is 0 Å². The van der Waals surface area contributed by atoms with Crippen LogP contribution in [0, 0.1) is 0 Å². The number of hydrogen-bond donors (Lipinski definition) is 2. The first-order chi connectivity index (χ1) is 9.65. The van der Waals surface area contributed by atoms with Crippen molar-refractivity contribution >= 4 is 17.5 Å². The molecule has 1 aromatic rings. The third-order valence-corrected chi connectivity index (χ3v) is 4.09. The Morgan fingerprint density at radius 2 is 2.35 bits per heavy atom. The van der Waals surface area contributed by atoms with Crippen molar-refractivity contribution < 1.29 is 4.79 Å². The third kappa shape index (κ3) is 4.80. The Hall–Kier alpha value is -1.06. The average Bonchev–Trinajstić information content (AvgIpc) is 2.46. The van der Waals surface area contributed by atoms with Crippen LogP contribution in [0.2, 0.25) is 5.02 Å². The number of nitrogens with one attached hydrogen (secondary N) is 2. The number of benzene rings is 1. The fourth-order valence-electron chi connectivity index (χ4n) is 2.65. The minimum Gasteiger partial charge on any atom is -0.350 e. The maximum absolute atomic E-state index is 12.0. The van der Waals surface area contributed by atoms with E-state index < -0.39 is 0 Å². The molecular weight excluding hydrogens is 272 g/mol. The lowest BCUT2D eigenvalue weighted by Crippen LogP contribution is -2.35. The molecule has 0 aliphatic carbocycles. The maximum Gasteiger partial charge on any atom is 0.220 e. The molecule has 0 spiro atoms. The van der Waals surface area contributed by atoms with Gasteiger partial charge in [-0.3, -0.25) is 4.79 Å². The molecular formula is C16H23ClN2O. The zero-order valence-corrected chi connectivity index (χ0v) is 12.7. The van der Waals surface area contributed by atoms with Gasteiger partial charge in [0.25, 0.3) is 0 Å². The van der Waals surface area contributed by atoms with Crippen molar-refractivity contribution in [1.29, 1.82) is 0 Å². The molecule has 1 amide bonds. The Morgan fingerprint density at radius 1 is 1.50 bits per heavy atom. The van der Waals surface area contributed by atoms with Crippen LogP contribution in [-0.4, -0.2) is 18.5 Å². The largest absolute Gasteiger partial charge is 0.350 e. The van der Waals surface area contributed by atoms with Crippen LogP contribution >= 0.6 is 11.6 Å². The summed E-state index contributed by atoms with van der Waals surface area (Å²) in [6.07, 6.45) is 5.24. The molecule has 1 unspecified atom stereocenters. The van der Waals surface area contributed by atoms with Gasteiger partial charge in [0.15, 0.2) is 0 Å². The molecule has 0 aromatic heterocycles. The molecule has 20 heavy (non-hydrogen) atoms. The van der Waals surface area contributed by atoms with E-state index in [2.05, 4.69) is 10.6 Å². The van der Waals surface area contributed by atoms with E-state index in [9.17, 15) is 4.79 Å². The Morgan fingerprint density at radius 3 is 3.05 bits per heavy atom. The predicted molar refractivity (Wildman–Crippen MR) is 82.9 cm³/mol. The first-order valence-corrected chi connectivity index (χ1v) is 7.81. The van der Waals surface area contributed by atoms with E-state index in [1.54, 1.807) is 0 Å². The van der Waals surface area contributed by atoms with E-state index >= 15 is 0 Å². The molecule has 2 rings (SSSR count). The summed E-state index contributed by atoms with van der Waals surface area (Å²) in [6, 6.07) is 8.14. The Kier molecular flexibility index (Phi) is 5.86. The summed E-state index contributed by atoms with van der Waals surface area (Å²) >= 11 is 5.97. The molecule has 1 heterocycles. The SMILES string of the molecule is C[C@@H](NC(=O)CCC1CCCCN1)c1cccc(Cl)c1. The number of carbonyl (C=O) groups excluding carboxylic acids is 1. The highest BCUT2D eigenvalue weighted by Crippen LogP contribution is 2.18. The van der Waals surface area contributed by atoms with E-state index in [0.29, 0.717) is 17.5 Å². The number of piperidine rings is 1. The van der Waals surface area contributed by atoms with Gasteiger partial charge in [0.2, 0.25) is 5.91 Å². The van der Waals surface area contributed by atoms with Crippen molar-refractivity contribution in [2.75, 3.05) is 6.54 Å². The molecule has 110 valence electrons. The fourth-order valence-corrected chi connectivity index (χ4v) is 2.85. The smallest absolute Gasteiger partial charge is 0.220 e. The topological polar surface area (TPSA) is 41.1 Å². The van der Waals surface area contributed by atoms with Gasteiger partial charge >= 0.3 is 0 Å². The lowest BCUT2D eigenvalue weighted by atomic mass is 10.0. The minimum absolute atomic E-state index is 0.000477. The van der Waals surface area contributed by atoms with E-state index in [-0.39, 0.29) is 11.9 Å². The van der Waals surface area contributed by atoms with Crippen molar-refractivity contribution in [3.05, 3.63) is 34.9 Å². The predicted octanol–water partition coefficient (Wildman–Crippen LogP) is 3.44. The monoisotopic (exact) mass is 294 g/mol. The summed E-state index contributed by atoms with van der Waals surface area (Å²) in [5, 5.41) is 7.21. The van der Waals surface area contributed by atoms with Gasteiger partial charge in [-0.05, 0) is 50.4 Å². The summed E-state index contributed by atoms with van der Waals surface area (Å²) in [4.78, 5) is 12.0. The van der Waals surface area contributed by atoms with Crippen LogP contribution < -0.4 is 10.6 Å². The molecule has 0 radical (unpaired) electrons. The molecule has 3 nitrogen and oxygen atoms in total. The maximum atomic E-state index is 12.0. The zero-order valence-electron chi connectivity index (χ0n) is 12.0. The average molecular weight is 295 g/mol. The molecule has 4 heteroatoms. The lowest BCUT2D eigenvalue weighted by Gasteiger charge is -2.23. The summed E-state index contributed by atoms with van der Waals surface area (Å²) in [5.41, 5.74) is 1.04. The lowest BCUT2D eigenvalue weighted by molar-refractivity contribution is -0.122. The van der Waals surface area contributed by atoms with Crippen LogP contribution in [0.3, 0.4) is 0 Å². The highest BCUT2D eigenvalue weighted by atomic mass is 35.5. The van der Waals surface area contributed by atoms with E-state index in [1.807, 2.05) is 31.2 Å². The van der Waals surface area contributed by atoms with Crippen molar-refractivity contribution in [3.63, 3.8) is 0 Å². The van der Waals surface area contributed by atoms with Crippen LogP contribution in [0.15, 0.2) is 24.3 Å². The van der Waals surface area contributed by atoms with Gasteiger partial charge in [-0.1, -0.05) is 30.2 Å². The van der Waals surface area contributed by atoms with E-state index in [0.717, 1.165) is 18.5 Å². The first kappa shape index (κ1) is 15.3. The van der Waals surface area contributed by atoms with Crippen LogP contribution in [-0.2, 0) is 4.79 Å². The van der Waals surface area contributed by atoms with Crippen molar-refractivity contribution in [2.24, 2.45) is 0 Å². The van der Waals surface area contributed by atoms with Gasteiger partial charge in [-0.25, -0.2) is 0 Å².